The van der Waals surface area contributed by atoms with Crippen LogP contribution >= 0.6 is 11.6 Å². The third-order valence-corrected chi connectivity index (χ3v) is 4.28. The van der Waals surface area contributed by atoms with E-state index < -0.39 is 10.8 Å². The minimum absolute atomic E-state index is 0.0615. The second-order valence-corrected chi connectivity index (χ2v) is 6.06. The summed E-state index contributed by atoms with van der Waals surface area (Å²) < 4.78 is 0. The maximum Gasteiger partial charge on any atom is 0.271 e. The molecule has 1 N–H and O–H groups in total. The summed E-state index contributed by atoms with van der Waals surface area (Å²) in [6, 6.07) is 12.6. The number of carbonyl (C=O) groups excluding carboxylic acids is 2. The zero-order valence-electron chi connectivity index (χ0n) is 13.0. The molecule has 0 aliphatic carbocycles. The second kappa shape index (κ2) is 6.90. The van der Waals surface area contributed by atoms with E-state index in [1.807, 2.05) is 0 Å². The number of rotatable bonds is 4. The van der Waals surface area contributed by atoms with Gasteiger partial charge >= 0.3 is 0 Å². The molecule has 128 valence electrons. The summed E-state index contributed by atoms with van der Waals surface area (Å²) in [5.41, 5.74) is 0.778. The Morgan fingerprint density at radius 2 is 2.00 bits per heavy atom. The number of anilines is 2. The third-order valence-electron chi connectivity index (χ3n) is 3.96. The minimum Gasteiger partial charge on any atom is -0.326 e. The van der Waals surface area contributed by atoms with Gasteiger partial charge in [-0.05, 0) is 18.2 Å². The average molecular weight is 360 g/mol. The maximum absolute atomic E-state index is 12.4. The zero-order valence-corrected chi connectivity index (χ0v) is 13.8. The molecule has 0 saturated carbocycles. The molecule has 0 aromatic heterocycles. The van der Waals surface area contributed by atoms with Crippen LogP contribution in [-0.2, 0) is 9.59 Å². The monoisotopic (exact) mass is 359 g/mol. The Balaban J connectivity index is 1.72. The Bertz CT molecular complexity index is 855. The first-order chi connectivity index (χ1) is 12.0. The lowest BCUT2D eigenvalue weighted by molar-refractivity contribution is -0.384. The van der Waals surface area contributed by atoms with Crippen LogP contribution in [0.1, 0.15) is 6.42 Å². The number of para-hydroxylation sites is 1. The third kappa shape index (κ3) is 3.61. The van der Waals surface area contributed by atoms with E-state index in [-0.39, 0.29) is 30.5 Å². The molecule has 0 unspecified atom stereocenters. The number of halogens is 1. The Labute approximate surface area is 148 Å². The van der Waals surface area contributed by atoms with Crippen LogP contribution in [0.2, 0.25) is 5.02 Å². The number of amides is 2. The summed E-state index contributed by atoms with van der Waals surface area (Å²) in [5, 5.41) is 13.9. The lowest BCUT2D eigenvalue weighted by atomic mass is 10.1. The predicted octanol–water partition coefficient (Wildman–Crippen LogP) is 3.24. The molecule has 25 heavy (non-hydrogen) atoms. The summed E-state index contributed by atoms with van der Waals surface area (Å²) in [6.45, 7) is 0.212. The van der Waals surface area contributed by atoms with E-state index in [4.69, 9.17) is 11.6 Å². The maximum atomic E-state index is 12.4. The highest BCUT2D eigenvalue weighted by molar-refractivity contribution is 6.33. The first-order valence-corrected chi connectivity index (χ1v) is 7.93. The fraction of sp³-hybridized carbons (Fsp3) is 0.176. The highest BCUT2D eigenvalue weighted by Crippen LogP contribution is 2.31. The molecule has 0 spiro atoms. The van der Waals surface area contributed by atoms with Crippen molar-refractivity contribution in [2.45, 2.75) is 6.42 Å². The van der Waals surface area contributed by atoms with Crippen molar-refractivity contribution in [3.8, 4) is 0 Å². The molecule has 1 atom stereocenters. The number of hydrogen-bond donors (Lipinski definition) is 1. The highest BCUT2D eigenvalue weighted by atomic mass is 35.5. The Morgan fingerprint density at radius 3 is 2.72 bits per heavy atom. The van der Waals surface area contributed by atoms with Crippen LogP contribution in [-0.4, -0.2) is 23.3 Å². The number of nitrogens with one attached hydrogen (secondary N) is 1. The number of hydrogen-bond acceptors (Lipinski definition) is 4. The summed E-state index contributed by atoms with van der Waals surface area (Å²) in [6.07, 6.45) is 0.0615. The van der Waals surface area contributed by atoms with Crippen molar-refractivity contribution in [2.75, 3.05) is 16.8 Å². The van der Waals surface area contributed by atoms with Crippen LogP contribution in [0.25, 0.3) is 0 Å². The molecule has 7 nitrogen and oxygen atoms in total. The van der Waals surface area contributed by atoms with Gasteiger partial charge in [-0.1, -0.05) is 29.8 Å². The van der Waals surface area contributed by atoms with Gasteiger partial charge in [0.25, 0.3) is 5.69 Å². The summed E-state index contributed by atoms with van der Waals surface area (Å²) >= 11 is 6.12. The molecule has 2 amide bonds. The van der Waals surface area contributed by atoms with Crippen molar-refractivity contribution in [1.82, 2.24) is 0 Å². The molecule has 1 saturated heterocycles. The molecule has 8 heteroatoms. The van der Waals surface area contributed by atoms with Gasteiger partial charge in [0.2, 0.25) is 11.8 Å². The second-order valence-electron chi connectivity index (χ2n) is 5.65. The van der Waals surface area contributed by atoms with Crippen molar-refractivity contribution in [2.24, 2.45) is 5.92 Å². The Morgan fingerprint density at radius 1 is 1.24 bits per heavy atom. The number of non-ortho nitro benzene ring substituents is 1. The normalized spacial score (nSPS) is 16.8. The van der Waals surface area contributed by atoms with Gasteiger partial charge in [0.1, 0.15) is 0 Å². The van der Waals surface area contributed by atoms with Crippen LogP contribution in [0.15, 0.2) is 48.5 Å². The van der Waals surface area contributed by atoms with E-state index in [2.05, 4.69) is 5.32 Å². The molecular weight excluding hydrogens is 346 g/mol. The summed E-state index contributed by atoms with van der Waals surface area (Å²) in [4.78, 5) is 36.4. The SMILES string of the molecule is O=C(Nc1cccc([N+](=O)[O-])c1)[C@@H]1CC(=O)N(c2ccccc2Cl)C1. The molecule has 3 rings (SSSR count). The first-order valence-electron chi connectivity index (χ1n) is 7.56. The Kier molecular flexibility index (Phi) is 4.67. The van der Waals surface area contributed by atoms with Gasteiger partial charge in [-0.25, -0.2) is 0 Å². The fourth-order valence-electron chi connectivity index (χ4n) is 2.73. The van der Waals surface area contributed by atoms with Gasteiger partial charge in [-0.3, -0.25) is 19.7 Å². The standard InChI is InChI=1S/C17H14ClN3O4/c18-14-6-1-2-7-15(14)20-10-11(8-16(20)22)17(23)19-12-4-3-5-13(9-12)21(24)25/h1-7,9,11H,8,10H2,(H,19,23)/t11-/m1/s1. The fourth-order valence-corrected chi connectivity index (χ4v) is 2.97. The van der Waals surface area contributed by atoms with Gasteiger partial charge in [0.05, 0.1) is 21.6 Å². The first kappa shape index (κ1) is 16.9. The van der Waals surface area contributed by atoms with E-state index >= 15 is 0 Å². The van der Waals surface area contributed by atoms with Crippen LogP contribution in [0.5, 0.6) is 0 Å². The minimum atomic E-state index is -0.553. The number of carbonyl (C=O) groups is 2. The molecule has 1 aliphatic heterocycles. The van der Waals surface area contributed by atoms with Crippen molar-refractivity contribution >= 4 is 40.5 Å². The van der Waals surface area contributed by atoms with Gasteiger partial charge in [0, 0.05) is 30.8 Å². The average Bonchev–Trinajstić information content (AvgIpc) is 2.97. The predicted molar refractivity (Wildman–Crippen MR) is 93.6 cm³/mol. The molecule has 1 aliphatic rings. The summed E-state index contributed by atoms with van der Waals surface area (Å²) in [7, 11) is 0. The van der Waals surface area contributed by atoms with Crippen molar-refractivity contribution in [3.63, 3.8) is 0 Å². The number of nitrogens with zero attached hydrogens (tertiary/aromatic N) is 2. The lowest BCUT2D eigenvalue weighted by Gasteiger charge is -2.18. The molecule has 1 fully saturated rings. The quantitative estimate of drug-likeness (QED) is 0.670. The molecule has 2 aromatic carbocycles. The van der Waals surface area contributed by atoms with Crippen molar-refractivity contribution < 1.29 is 14.5 Å². The zero-order chi connectivity index (χ0) is 18.0. The van der Waals surface area contributed by atoms with Crippen LogP contribution in [0, 0.1) is 16.0 Å². The smallest absolute Gasteiger partial charge is 0.271 e. The van der Waals surface area contributed by atoms with Gasteiger partial charge in [-0.15, -0.1) is 0 Å². The van der Waals surface area contributed by atoms with E-state index in [1.165, 1.54) is 23.1 Å². The van der Waals surface area contributed by atoms with Gasteiger partial charge < -0.3 is 10.2 Å². The van der Waals surface area contributed by atoms with E-state index in [0.717, 1.165) is 0 Å². The van der Waals surface area contributed by atoms with Crippen molar-refractivity contribution in [1.29, 1.82) is 0 Å². The van der Waals surface area contributed by atoms with E-state index in [0.29, 0.717) is 16.4 Å². The lowest BCUT2D eigenvalue weighted by Crippen LogP contribution is -2.28. The number of nitro benzene ring substituents is 1. The summed E-state index contributed by atoms with van der Waals surface area (Å²) in [5.74, 6) is -1.10. The number of nitro groups is 1. The topological polar surface area (TPSA) is 92.5 Å². The largest absolute Gasteiger partial charge is 0.326 e. The van der Waals surface area contributed by atoms with E-state index in [1.54, 1.807) is 30.3 Å². The van der Waals surface area contributed by atoms with Crippen LogP contribution < -0.4 is 10.2 Å². The van der Waals surface area contributed by atoms with E-state index in [9.17, 15) is 19.7 Å². The van der Waals surface area contributed by atoms with Crippen LogP contribution in [0.4, 0.5) is 17.1 Å². The Hall–Kier alpha value is -2.93. The molecule has 0 radical (unpaired) electrons. The van der Waals surface area contributed by atoms with Gasteiger partial charge in [0.15, 0.2) is 0 Å². The highest BCUT2D eigenvalue weighted by Gasteiger charge is 2.35. The number of benzene rings is 2. The molecular formula is C17H14ClN3O4. The van der Waals surface area contributed by atoms with Crippen LogP contribution in [0.3, 0.4) is 0 Å². The van der Waals surface area contributed by atoms with Crippen molar-refractivity contribution in [3.05, 3.63) is 63.7 Å². The molecule has 0 bridgehead atoms. The molecule has 1 heterocycles. The molecule has 2 aromatic rings. The van der Waals surface area contributed by atoms with Gasteiger partial charge in [-0.2, -0.15) is 0 Å².